The van der Waals surface area contributed by atoms with Crippen LogP contribution in [0.3, 0.4) is 0 Å². The van der Waals surface area contributed by atoms with E-state index >= 15 is 0 Å². The lowest BCUT2D eigenvalue weighted by atomic mass is 10.0. The molecule has 1 aromatic rings. The van der Waals surface area contributed by atoms with Crippen LogP contribution in [0.15, 0.2) is 10.6 Å². The van der Waals surface area contributed by atoms with Gasteiger partial charge in [0, 0.05) is 18.5 Å². The van der Waals surface area contributed by atoms with Crippen molar-refractivity contribution in [2.75, 3.05) is 0 Å². The molecule has 0 aliphatic rings. The zero-order valence-corrected chi connectivity index (χ0v) is 9.73. The first-order valence-corrected chi connectivity index (χ1v) is 5.45. The third kappa shape index (κ3) is 4.01. The molecule has 15 heavy (non-hydrogen) atoms. The van der Waals surface area contributed by atoms with Crippen LogP contribution >= 0.6 is 0 Å². The second-order valence-electron chi connectivity index (χ2n) is 4.64. The molecule has 0 radical (unpaired) electrons. The van der Waals surface area contributed by atoms with Gasteiger partial charge in [-0.05, 0) is 19.3 Å². The third-order valence-corrected chi connectivity index (χ3v) is 2.21. The van der Waals surface area contributed by atoms with Crippen LogP contribution < -0.4 is 11.5 Å². The van der Waals surface area contributed by atoms with Crippen molar-refractivity contribution in [3.63, 3.8) is 0 Å². The predicted octanol–water partition coefficient (Wildman–Crippen LogP) is 1.61. The first kappa shape index (κ1) is 12.2. The van der Waals surface area contributed by atoms with E-state index in [9.17, 15) is 0 Å². The molecule has 1 heterocycles. The Balaban J connectivity index is 2.58. The maximum absolute atomic E-state index is 5.99. The Kier molecular flexibility index (Phi) is 4.29. The van der Waals surface area contributed by atoms with Gasteiger partial charge in [-0.15, -0.1) is 0 Å². The molecule has 1 rings (SSSR count). The Morgan fingerprint density at radius 2 is 2.00 bits per heavy atom. The first-order valence-electron chi connectivity index (χ1n) is 5.45. The van der Waals surface area contributed by atoms with Crippen LogP contribution in [0.1, 0.15) is 44.7 Å². The molecule has 0 saturated heterocycles. The average molecular weight is 211 g/mol. The van der Waals surface area contributed by atoms with E-state index in [0.29, 0.717) is 12.3 Å². The van der Waals surface area contributed by atoms with E-state index in [1.807, 2.05) is 13.0 Å². The first-order chi connectivity index (χ1) is 6.99. The third-order valence-electron chi connectivity index (χ3n) is 2.21. The van der Waals surface area contributed by atoms with Crippen molar-refractivity contribution in [1.29, 1.82) is 0 Å². The molecule has 2 atom stereocenters. The van der Waals surface area contributed by atoms with Gasteiger partial charge in [-0.25, -0.2) is 0 Å². The summed E-state index contributed by atoms with van der Waals surface area (Å²) >= 11 is 0. The Hall–Kier alpha value is -0.870. The highest BCUT2D eigenvalue weighted by Gasteiger charge is 2.14. The van der Waals surface area contributed by atoms with Crippen molar-refractivity contribution in [2.45, 2.75) is 45.7 Å². The molecule has 0 amide bonds. The summed E-state index contributed by atoms with van der Waals surface area (Å²) in [6, 6.07) is 1.97. The van der Waals surface area contributed by atoms with Crippen molar-refractivity contribution >= 4 is 0 Å². The van der Waals surface area contributed by atoms with E-state index in [4.69, 9.17) is 16.0 Å². The van der Waals surface area contributed by atoms with Gasteiger partial charge in [-0.1, -0.05) is 19.0 Å². The topological polar surface area (TPSA) is 78.1 Å². The fourth-order valence-corrected chi connectivity index (χ4v) is 1.55. The van der Waals surface area contributed by atoms with Crippen LogP contribution in [0.4, 0.5) is 0 Å². The normalized spacial score (nSPS) is 15.6. The van der Waals surface area contributed by atoms with Gasteiger partial charge in [-0.3, -0.25) is 0 Å². The molecule has 0 saturated carbocycles. The molecule has 2 unspecified atom stereocenters. The summed E-state index contributed by atoms with van der Waals surface area (Å²) in [5.41, 5.74) is 12.5. The largest absolute Gasteiger partial charge is 0.361 e. The van der Waals surface area contributed by atoms with Crippen LogP contribution in [-0.4, -0.2) is 11.2 Å². The number of hydrogen-bond acceptors (Lipinski definition) is 4. The summed E-state index contributed by atoms with van der Waals surface area (Å²) in [5, 5.41) is 3.97. The van der Waals surface area contributed by atoms with Crippen molar-refractivity contribution in [1.82, 2.24) is 5.16 Å². The SMILES string of the molecule is CC(C)CC(N)c1cc(CC(C)N)on1. The molecule has 4 heteroatoms. The molecule has 0 aliphatic heterocycles. The van der Waals surface area contributed by atoms with E-state index in [1.165, 1.54) is 0 Å². The number of nitrogens with two attached hydrogens (primary N) is 2. The van der Waals surface area contributed by atoms with Gasteiger partial charge in [0.1, 0.15) is 11.5 Å². The standard InChI is InChI=1S/C11H21N3O/c1-7(2)4-10(13)11-6-9(15-14-11)5-8(3)12/h6-8,10H,4-5,12-13H2,1-3H3. The second kappa shape index (κ2) is 5.28. The fraction of sp³-hybridized carbons (Fsp3) is 0.727. The van der Waals surface area contributed by atoms with Gasteiger partial charge in [-0.2, -0.15) is 0 Å². The summed E-state index contributed by atoms with van der Waals surface area (Å²) in [7, 11) is 0. The highest BCUT2D eigenvalue weighted by atomic mass is 16.5. The molecule has 0 aromatic carbocycles. The van der Waals surface area contributed by atoms with E-state index in [0.717, 1.165) is 17.9 Å². The van der Waals surface area contributed by atoms with E-state index in [1.54, 1.807) is 0 Å². The molecule has 0 fully saturated rings. The van der Waals surface area contributed by atoms with Gasteiger partial charge in [0.2, 0.25) is 0 Å². The molecule has 86 valence electrons. The van der Waals surface area contributed by atoms with Crippen LogP contribution in [0, 0.1) is 5.92 Å². The van der Waals surface area contributed by atoms with Crippen LogP contribution in [-0.2, 0) is 6.42 Å². The van der Waals surface area contributed by atoms with E-state index in [2.05, 4.69) is 19.0 Å². The lowest BCUT2D eigenvalue weighted by Crippen LogP contribution is -2.17. The van der Waals surface area contributed by atoms with Gasteiger partial charge in [0.25, 0.3) is 0 Å². The smallest absolute Gasteiger partial charge is 0.138 e. The zero-order chi connectivity index (χ0) is 11.4. The summed E-state index contributed by atoms with van der Waals surface area (Å²) < 4.78 is 5.17. The number of aromatic nitrogens is 1. The zero-order valence-electron chi connectivity index (χ0n) is 9.73. The summed E-state index contributed by atoms with van der Waals surface area (Å²) in [5.74, 6) is 1.38. The second-order valence-corrected chi connectivity index (χ2v) is 4.64. The van der Waals surface area contributed by atoms with Gasteiger partial charge < -0.3 is 16.0 Å². The highest BCUT2D eigenvalue weighted by molar-refractivity contribution is 5.10. The predicted molar refractivity (Wildman–Crippen MR) is 60.2 cm³/mol. The molecule has 4 N–H and O–H groups in total. The van der Waals surface area contributed by atoms with Crippen LogP contribution in [0.25, 0.3) is 0 Å². The fourth-order valence-electron chi connectivity index (χ4n) is 1.55. The number of nitrogens with zero attached hydrogens (tertiary/aromatic N) is 1. The molecule has 0 bridgehead atoms. The van der Waals surface area contributed by atoms with Gasteiger partial charge in [0.15, 0.2) is 0 Å². The van der Waals surface area contributed by atoms with Crippen molar-refractivity contribution in [2.24, 2.45) is 17.4 Å². The maximum atomic E-state index is 5.99. The average Bonchev–Trinajstić information content (AvgIpc) is 2.50. The molecule has 1 aromatic heterocycles. The minimum Gasteiger partial charge on any atom is -0.361 e. The number of hydrogen-bond donors (Lipinski definition) is 2. The quantitative estimate of drug-likeness (QED) is 0.775. The molecule has 4 nitrogen and oxygen atoms in total. The minimum atomic E-state index is -0.0319. The monoisotopic (exact) mass is 211 g/mol. The Labute approximate surface area is 91.0 Å². The van der Waals surface area contributed by atoms with E-state index in [-0.39, 0.29) is 12.1 Å². The van der Waals surface area contributed by atoms with Gasteiger partial charge >= 0.3 is 0 Å². The summed E-state index contributed by atoms with van der Waals surface area (Å²) in [6.07, 6.45) is 1.63. The summed E-state index contributed by atoms with van der Waals surface area (Å²) in [6.45, 7) is 6.22. The molecular weight excluding hydrogens is 190 g/mol. The molecular formula is C11H21N3O. The lowest BCUT2D eigenvalue weighted by Gasteiger charge is -2.09. The van der Waals surface area contributed by atoms with Crippen molar-refractivity contribution in [3.05, 3.63) is 17.5 Å². The van der Waals surface area contributed by atoms with Crippen LogP contribution in [0.2, 0.25) is 0 Å². The van der Waals surface area contributed by atoms with Crippen molar-refractivity contribution in [3.8, 4) is 0 Å². The number of rotatable bonds is 5. The van der Waals surface area contributed by atoms with Gasteiger partial charge in [0.05, 0.1) is 6.04 Å². The van der Waals surface area contributed by atoms with Crippen molar-refractivity contribution < 1.29 is 4.52 Å². The minimum absolute atomic E-state index is 0.0319. The molecule has 0 aliphatic carbocycles. The molecule has 0 spiro atoms. The Morgan fingerprint density at radius 3 is 2.53 bits per heavy atom. The Morgan fingerprint density at radius 1 is 1.33 bits per heavy atom. The van der Waals surface area contributed by atoms with Crippen LogP contribution in [0.5, 0.6) is 0 Å². The Bertz CT molecular complexity index is 294. The maximum Gasteiger partial charge on any atom is 0.138 e. The summed E-state index contributed by atoms with van der Waals surface area (Å²) in [4.78, 5) is 0. The van der Waals surface area contributed by atoms with E-state index < -0.39 is 0 Å². The highest BCUT2D eigenvalue weighted by Crippen LogP contribution is 2.18. The lowest BCUT2D eigenvalue weighted by molar-refractivity contribution is 0.362.